The molecule has 0 amide bonds. The molecule has 66 valence electrons. The highest BCUT2D eigenvalue weighted by Crippen LogP contribution is 2.14. The normalized spacial score (nSPS) is 11.4. The van der Waals surface area contributed by atoms with Gasteiger partial charge in [0.15, 0.2) is 0 Å². The Morgan fingerprint density at radius 1 is 1.25 bits per heavy atom. The van der Waals surface area contributed by atoms with Crippen LogP contribution in [-0.2, 0) is 14.6 Å². The number of hydrogen-bond donors (Lipinski definition) is 0. The Hall–Kier alpha value is -0.480. The van der Waals surface area contributed by atoms with E-state index >= 15 is 0 Å². The largest absolute Gasteiger partial charge is 0.217 e. The van der Waals surface area contributed by atoms with Gasteiger partial charge in [-0.25, -0.2) is 8.42 Å². The van der Waals surface area contributed by atoms with Crippen LogP contribution < -0.4 is 0 Å². The highest BCUT2D eigenvalue weighted by atomic mass is 33.1. The molecule has 0 heterocycles. The van der Waals surface area contributed by atoms with Crippen LogP contribution in [0.5, 0.6) is 0 Å². The van der Waals surface area contributed by atoms with Crippen molar-refractivity contribution in [2.45, 2.75) is 5.75 Å². The molecule has 0 aliphatic rings. The summed E-state index contributed by atoms with van der Waals surface area (Å²) < 4.78 is 22.3. The van der Waals surface area contributed by atoms with Gasteiger partial charge in [0.2, 0.25) is 8.87 Å². The average Bonchev–Trinajstić information content (AvgIpc) is 2.06. The van der Waals surface area contributed by atoms with Crippen LogP contribution in [0.2, 0.25) is 0 Å². The van der Waals surface area contributed by atoms with Gasteiger partial charge >= 0.3 is 0 Å². The van der Waals surface area contributed by atoms with Crippen molar-refractivity contribution in [1.82, 2.24) is 0 Å². The molecule has 0 spiro atoms. The molecule has 0 aliphatic carbocycles. The molecule has 1 aromatic rings. The molecule has 12 heavy (non-hydrogen) atoms. The molecule has 0 saturated carbocycles. The second-order valence-corrected chi connectivity index (χ2v) is 6.62. The molecular formula is C8H10O2S2. The Labute approximate surface area is 76.3 Å². The van der Waals surface area contributed by atoms with Crippen LogP contribution in [0.15, 0.2) is 30.3 Å². The summed E-state index contributed by atoms with van der Waals surface area (Å²) in [5.41, 5.74) is 0.840. The Balaban J connectivity index is 2.78. The second kappa shape index (κ2) is 3.96. The Morgan fingerprint density at radius 3 is 2.33 bits per heavy atom. The van der Waals surface area contributed by atoms with Crippen LogP contribution in [0.3, 0.4) is 0 Å². The first kappa shape index (κ1) is 9.61. The first-order valence-electron chi connectivity index (χ1n) is 3.46. The summed E-state index contributed by atoms with van der Waals surface area (Å²) in [7, 11) is -2.06. The molecule has 0 saturated heterocycles. The van der Waals surface area contributed by atoms with Gasteiger partial charge in [-0.3, -0.25) is 0 Å². The lowest BCUT2D eigenvalue weighted by atomic mass is 10.2. The SMILES string of the molecule is CSS(=O)(=O)Cc1ccccc1. The van der Waals surface area contributed by atoms with E-state index in [1.165, 1.54) is 0 Å². The van der Waals surface area contributed by atoms with Crippen molar-refractivity contribution in [2.75, 3.05) is 6.26 Å². The Bertz CT molecular complexity index is 329. The van der Waals surface area contributed by atoms with Gasteiger partial charge in [0.05, 0.1) is 5.75 Å². The van der Waals surface area contributed by atoms with E-state index in [0.717, 1.165) is 16.4 Å². The summed E-state index contributed by atoms with van der Waals surface area (Å²) in [6, 6.07) is 9.17. The summed E-state index contributed by atoms with van der Waals surface area (Å²) >= 11 is 0. The zero-order chi connectivity index (χ0) is 9.03. The van der Waals surface area contributed by atoms with Crippen molar-refractivity contribution in [2.24, 2.45) is 0 Å². The fourth-order valence-electron chi connectivity index (χ4n) is 0.837. The van der Waals surface area contributed by atoms with Gasteiger partial charge in [-0.05, 0) is 22.6 Å². The number of benzene rings is 1. The number of hydrogen-bond acceptors (Lipinski definition) is 3. The average molecular weight is 202 g/mol. The molecule has 0 bridgehead atoms. The summed E-state index contributed by atoms with van der Waals surface area (Å²) in [6.45, 7) is 0. The van der Waals surface area contributed by atoms with E-state index in [1.807, 2.05) is 30.3 Å². The topological polar surface area (TPSA) is 34.1 Å². The minimum Gasteiger partial charge on any atom is -0.217 e. The van der Waals surface area contributed by atoms with Crippen molar-refractivity contribution in [3.8, 4) is 0 Å². The van der Waals surface area contributed by atoms with E-state index in [-0.39, 0.29) is 5.75 Å². The molecule has 0 N–H and O–H groups in total. The van der Waals surface area contributed by atoms with Crippen molar-refractivity contribution in [1.29, 1.82) is 0 Å². The van der Waals surface area contributed by atoms with Gasteiger partial charge in [0.1, 0.15) is 0 Å². The van der Waals surface area contributed by atoms with Gasteiger partial charge in [0.25, 0.3) is 0 Å². The second-order valence-electron chi connectivity index (χ2n) is 2.35. The first-order chi connectivity index (χ1) is 5.64. The van der Waals surface area contributed by atoms with Gasteiger partial charge in [-0.1, -0.05) is 30.3 Å². The molecule has 2 nitrogen and oxygen atoms in total. The maximum Gasteiger partial charge on any atom is 0.205 e. The van der Waals surface area contributed by atoms with Crippen LogP contribution >= 0.6 is 10.8 Å². The van der Waals surface area contributed by atoms with Crippen molar-refractivity contribution >= 4 is 19.7 Å². The van der Waals surface area contributed by atoms with E-state index in [1.54, 1.807) is 6.26 Å². The lowest BCUT2D eigenvalue weighted by Crippen LogP contribution is -1.97. The third kappa shape index (κ3) is 2.87. The fraction of sp³-hybridized carbons (Fsp3) is 0.250. The monoisotopic (exact) mass is 202 g/mol. The molecule has 4 heteroatoms. The fourth-order valence-corrected chi connectivity index (χ4v) is 2.32. The van der Waals surface area contributed by atoms with Crippen LogP contribution in [0, 0.1) is 0 Å². The highest BCUT2D eigenvalue weighted by Gasteiger charge is 2.08. The molecule has 1 rings (SSSR count). The molecular weight excluding hydrogens is 192 g/mol. The summed E-state index contributed by atoms with van der Waals surface area (Å²) in [5, 5.41) is 0. The van der Waals surface area contributed by atoms with Gasteiger partial charge in [-0.2, -0.15) is 0 Å². The minimum absolute atomic E-state index is 0.120. The quantitative estimate of drug-likeness (QED) is 0.702. The van der Waals surface area contributed by atoms with Crippen molar-refractivity contribution in [3.05, 3.63) is 35.9 Å². The summed E-state index contributed by atoms with van der Waals surface area (Å²) in [5.74, 6) is 0.120. The smallest absolute Gasteiger partial charge is 0.205 e. The minimum atomic E-state index is -2.96. The predicted molar refractivity (Wildman–Crippen MR) is 52.6 cm³/mol. The summed E-state index contributed by atoms with van der Waals surface area (Å²) in [6.07, 6.45) is 1.58. The Kier molecular flexibility index (Phi) is 3.17. The van der Waals surface area contributed by atoms with Gasteiger partial charge < -0.3 is 0 Å². The predicted octanol–water partition coefficient (Wildman–Crippen LogP) is 1.88. The van der Waals surface area contributed by atoms with Crippen LogP contribution in [0.25, 0.3) is 0 Å². The zero-order valence-corrected chi connectivity index (χ0v) is 8.36. The zero-order valence-electron chi connectivity index (χ0n) is 6.73. The third-order valence-electron chi connectivity index (χ3n) is 1.44. The lowest BCUT2D eigenvalue weighted by Gasteiger charge is -1.99. The van der Waals surface area contributed by atoms with E-state index in [4.69, 9.17) is 0 Å². The summed E-state index contributed by atoms with van der Waals surface area (Å²) in [4.78, 5) is 0. The number of rotatable bonds is 3. The van der Waals surface area contributed by atoms with Gasteiger partial charge in [0, 0.05) is 0 Å². The standard InChI is InChI=1S/C8H10O2S2/c1-11-12(9,10)7-8-5-3-2-4-6-8/h2-6H,7H2,1H3. The molecule has 0 aliphatic heterocycles. The highest BCUT2D eigenvalue weighted by molar-refractivity contribution is 8.71. The maximum atomic E-state index is 11.1. The molecule has 0 atom stereocenters. The van der Waals surface area contributed by atoms with Gasteiger partial charge in [-0.15, -0.1) is 0 Å². The van der Waals surface area contributed by atoms with E-state index in [2.05, 4.69) is 0 Å². The first-order valence-corrected chi connectivity index (χ1v) is 6.86. The third-order valence-corrected chi connectivity index (χ3v) is 4.51. The maximum absolute atomic E-state index is 11.1. The molecule has 1 aromatic carbocycles. The van der Waals surface area contributed by atoms with Crippen LogP contribution in [0.1, 0.15) is 5.56 Å². The van der Waals surface area contributed by atoms with E-state index in [0.29, 0.717) is 0 Å². The van der Waals surface area contributed by atoms with Crippen molar-refractivity contribution < 1.29 is 8.42 Å². The Morgan fingerprint density at radius 2 is 1.83 bits per heavy atom. The molecule has 0 fully saturated rings. The molecule has 0 aromatic heterocycles. The molecule has 0 radical (unpaired) electrons. The van der Waals surface area contributed by atoms with E-state index in [9.17, 15) is 8.42 Å². The van der Waals surface area contributed by atoms with Crippen LogP contribution in [0.4, 0.5) is 0 Å². The molecule has 0 unspecified atom stereocenters. The lowest BCUT2D eigenvalue weighted by molar-refractivity contribution is 0.610. The van der Waals surface area contributed by atoms with Crippen molar-refractivity contribution in [3.63, 3.8) is 0 Å². The van der Waals surface area contributed by atoms with E-state index < -0.39 is 8.87 Å². The van der Waals surface area contributed by atoms with Crippen LogP contribution in [-0.4, -0.2) is 14.7 Å².